The molecule has 2 unspecified atom stereocenters. The topological polar surface area (TPSA) is 144 Å². The third-order valence-corrected chi connectivity index (χ3v) is 5.25. The number of carbonyl (C=O) groups is 2. The molecule has 0 aliphatic carbocycles. The van der Waals surface area contributed by atoms with Gasteiger partial charge >= 0.3 is 19.1 Å². The van der Waals surface area contributed by atoms with E-state index in [1.807, 2.05) is 4.90 Å². The van der Waals surface area contributed by atoms with Gasteiger partial charge < -0.3 is 30.9 Å². The van der Waals surface area contributed by atoms with E-state index >= 15 is 0 Å². The van der Waals surface area contributed by atoms with Crippen molar-refractivity contribution in [2.24, 2.45) is 11.7 Å². The Morgan fingerprint density at radius 1 is 1.19 bits per heavy atom. The predicted octanol–water partition coefficient (Wildman–Crippen LogP) is 0.284. The first kappa shape index (κ1) is 21.4. The Hall–Kier alpha value is -1.94. The number of carboxylic acid groups (broad SMARTS) is 2. The summed E-state index contributed by atoms with van der Waals surface area (Å²) in [6.07, 6.45) is 2.83. The summed E-state index contributed by atoms with van der Waals surface area (Å²) < 4.78 is 0. The molecule has 6 N–H and O–H groups in total. The van der Waals surface area contributed by atoms with Crippen molar-refractivity contribution in [3.05, 3.63) is 35.4 Å². The molecule has 0 radical (unpaired) electrons. The van der Waals surface area contributed by atoms with Crippen LogP contribution in [0.25, 0.3) is 0 Å². The maximum atomic E-state index is 11.7. The standard InChI is InChI=1S/C18H27BN2O6/c20-18(17(24)25)12-21(11-15(18)4-1-9-19(26)27)10-2-3-13-5-7-14(8-6-13)16(22)23/h5-8,15,26-27H,1-4,9-12,20H2,(H,22,23)(H,24,25). The van der Waals surface area contributed by atoms with E-state index in [0.29, 0.717) is 25.9 Å². The Morgan fingerprint density at radius 2 is 1.85 bits per heavy atom. The lowest BCUT2D eigenvalue weighted by molar-refractivity contribution is -0.144. The molecule has 0 bridgehead atoms. The van der Waals surface area contributed by atoms with E-state index < -0.39 is 24.6 Å². The molecule has 2 rings (SSSR count). The van der Waals surface area contributed by atoms with Gasteiger partial charge in [-0.1, -0.05) is 18.6 Å². The first-order chi connectivity index (χ1) is 12.7. The maximum Gasteiger partial charge on any atom is 0.451 e. The number of benzene rings is 1. The third kappa shape index (κ3) is 5.77. The van der Waals surface area contributed by atoms with Crippen LogP contribution in [0.1, 0.15) is 35.2 Å². The number of aryl methyl sites for hydroxylation is 1. The highest BCUT2D eigenvalue weighted by Crippen LogP contribution is 2.30. The zero-order chi connectivity index (χ0) is 20.0. The van der Waals surface area contributed by atoms with Gasteiger partial charge in [0.1, 0.15) is 5.54 Å². The van der Waals surface area contributed by atoms with Crippen LogP contribution >= 0.6 is 0 Å². The number of carboxylic acids is 2. The molecule has 1 aromatic rings. The van der Waals surface area contributed by atoms with Crippen LogP contribution in [0.5, 0.6) is 0 Å². The quantitative estimate of drug-likeness (QED) is 0.365. The summed E-state index contributed by atoms with van der Waals surface area (Å²) in [6.45, 7) is 1.54. The van der Waals surface area contributed by atoms with Crippen LogP contribution in [0.4, 0.5) is 0 Å². The maximum absolute atomic E-state index is 11.7. The summed E-state index contributed by atoms with van der Waals surface area (Å²) in [5, 5.41) is 36.4. The van der Waals surface area contributed by atoms with Crippen molar-refractivity contribution in [3.63, 3.8) is 0 Å². The van der Waals surface area contributed by atoms with Crippen LogP contribution in [-0.2, 0) is 11.2 Å². The molecule has 148 valence electrons. The number of nitrogens with zero attached hydrogens (tertiary/aromatic N) is 1. The van der Waals surface area contributed by atoms with E-state index in [4.69, 9.17) is 20.9 Å². The second-order valence-corrected chi connectivity index (χ2v) is 7.29. The van der Waals surface area contributed by atoms with Crippen LogP contribution in [0.15, 0.2) is 24.3 Å². The molecular weight excluding hydrogens is 351 g/mol. The van der Waals surface area contributed by atoms with Gasteiger partial charge in [0.25, 0.3) is 0 Å². The minimum atomic E-state index is -1.38. The Labute approximate surface area is 158 Å². The van der Waals surface area contributed by atoms with E-state index in [1.165, 1.54) is 0 Å². The Balaban J connectivity index is 1.85. The molecule has 0 aromatic heterocycles. The molecule has 1 aliphatic rings. The fourth-order valence-electron chi connectivity index (χ4n) is 3.67. The summed E-state index contributed by atoms with van der Waals surface area (Å²) >= 11 is 0. The van der Waals surface area contributed by atoms with Crippen molar-refractivity contribution in [1.82, 2.24) is 4.90 Å². The summed E-state index contributed by atoms with van der Waals surface area (Å²) in [7, 11) is -1.38. The van der Waals surface area contributed by atoms with Crippen molar-refractivity contribution in [1.29, 1.82) is 0 Å². The van der Waals surface area contributed by atoms with Gasteiger partial charge in [0.05, 0.1) is 5.56 Å². The Bertz CT molecular complexity index is 654. The predicted molar refractivity (Wildman–Crippen MR) is 100 cm³/mol. The zero-order valence-electron chi connectivity index (χ0n) is 15.3. The fraction of sp³-hybridized carbons (Fsp3) is 0.556. The molecule has 0 spiro atoms. The highest BCUT2D eigenvalue weighted by molar-refractivity contribution is 6.40. The molecule has 1 fully saturated rings. The molecule has 1 saturated heterocycles. The molecule has 0 saturated carbocycles. The first-order valence-electron chi connectivity index (χ1n) is 9.15. The molecule has 1 aliphatic heterocycles. The van der Waals surface area contributed by atoms with Gasteiger partial charge in [-0.15, -0.1) is 0 Å². The largest absolute Gasteiger partial charge is 0.480 e. The lowest BCUT2D eigenvalue weighted by Crippen LogP contribution is -2.54. The van der Waals surface area contributed by atoms with Gasteiger partial charge in [-0.05, 0) is 49.8 Å². The van der Waals surface area contributed by atoms with Crippen LogP contribution in [0, 0.1) is 5.92 Å². The van der Waals surface area contributed by atoms with Crippen molar-refractivity contribution in [2.75, 3.05) is 19.6 Å². The molecule has 8 nitrogen and oxygen atoms in total. The second-order valence-electron chi connectivity index (χ2n) is 7.29. The number of likely N-dealkylation sites (tertiary alicyclic amines) is 1. The third-order valence-electron chi connectivity index (χ3n) is 5.25. The van der Waals surface area contributed by atoms with Crippen LogP contribution < -0.4 is 5.73 Å². The molecule has 1 aromatic carbocycles. The molecule has 1 heterocycles. The van der Waals surface area contributed by atoms with E-state index in [1.54, 1.807) is 24.3 Å². The lowest BCUT2D eigenvalue weighted by atomic mass is 9.78. The van der Waals surface area contributed by atoms with Gasteiger partial charge in [-0.25, -0.2) is 4.79 Å². The van der Waals surface area contributed by atoms with Crippen molar-refractivity contribution >= 4 is 19.1 Å². The Kier molecular flexibility index (Phi) is 7.37. The van der Waals surface area contributed by atoms with Gasteiger partial charge in [-0.3, -0.25) is 4.79 Å². The molecule has 9 heteroatoms. The number of hydrogen-bond donors (Lipinski definition) is 5. The smallest absolute Gasteiger partial charge is 0.451 e. The highest BCUT2D eigenvalue weighted by atomic mass is 16.4. The minimum absolute atomic E-state index is 0.207. The van der Waals surface area contributed by atoms with E-state index in [2.05, 4.69) is 0 Å². The number of rotatable bonds is 10. The molecular formula is C18H27BN2O6. The molecule has 0 amide bonds. The van der Waals surface area contributed by atoms with Gasteiger partial charge in [0.15, 0.2) is 0 Å². The molecule has 2 atom stereocenters. The highest BCUT2D eigenvalue weighted by Gasteiger charge is 2.48. The van der Waals surface area contributed by atoms with Crippen molar-refractivity contribution in [2.45, 2.75) is 37.5 Å². The summed E-state index contributed by atoms with van der Waals surface area (Å²) in [6, 6.07) is 6.74. The van der Waals surface area contributed by atoms with E-state index in [0.717, 1.165) is 18.4 Å². The normalized spacial score (nSPS) is 22.7. The summed E-state index contributed by atoms with van der Waals surface area (Å²) in [5.74, 6) is -2.21. The van der Waals surface area contributed by atoms with E-state index in [9.17, 15) is 14.7 Å². The fourth-order valence-corrected chi connectivity index (χ4v) is 3.67. The monoisotopic (exact) mass is 378 g/mol. The Morgan fingerprint density at radius 3 is 2.41 bits per heavy atom. The SMILES string of the molecule is NC1(C(=O)O)CN(CCCc2ccc(C(=O)O)cc2)CC1CCCB(O)O. The van der Waals surface area contributed by atoms with Crippen molar-refractivity contribution in [3.8, 4) is 0 Å². The average Bonchev–Trinajstić information content (AvgIpc) is 2.92. The number of nitrogens with two attached hydrogens (primary N) is 1. The van der Waals surface area contributed by atoms with E-state index in [-0.39, 0.29) is 24.3 Å². The first-order valence-corrected chi connectivity index (χ1v) is 9.15. The van der Waals surface area contributed by atoms with Gasteiger partial charge in [-0.2, -0.15) is 0 Å². The summed E-state index contributed by atoms with van der Waals surface area (Å²) in [5.41, 5.74) is 6.13. The van der Waals surface area contributed by atoms with Crippen LogP contribution in [0.3, 0.4) is 0 Å². The van der Waals surface area contributed by atoms with Crippen molar-refractivity contribution < 1.29 is 29.9 Å². The summed E-state index contributed by atoms with van der Waals surface area (Å²) in [4.78, 5) is 24.6. The van der Waals surface area contributed by atoms with Gasteiger partial charge in [0.2, 0.25) is 0 Å². The average molecular weight is 378 g/mol. The lowest BCUT2D eigenvalue weighted by Gasteiger charge is -2.25. The van der Waals surface area contributed by atoms with Crippen LogP contribution in [-0.4, -0.2) is 69.4 Å². The molecule has 27 heavy (non-hydrogen) atoms. The van der Waals surface area contributed by atoms with Crippen LogP contribution in [0.2, 0.25) is 6.32 Å². The number of aromatic carboxylic acids is 1. The number of hydrogen-bond acceptors (Lipinski definition) is 6. The zero-order valence-corrected chi connectivity index (χ0v) is 15.3. The second kappa shape index (κ2) is 9.32. The minimum Gasteiger partial charge on any atom is -0.480 e. The number of aliphatic carboxylic acids is 1. The van der Waals surface area contributed by atoms with Gasteiger partial charge in [0, 0.05) is 19.0 Å².